The van der Waals surface area contributed by atoms with Crippen molar-refractivity contribution in [2.45, 2.75) is 45.6 Å². The number of nitrogens with one attached hydrogen (secondary N) is 1. The largest absolute Gasteiger partial charge is 0.313 e. The minimum atomic E-state index is 0.714. The van der Waals surface area contributed by atoms with E-state index in [1.54, 1.807) is 0 Å². The molecule has 0 aliphatic heterocycles. The summed E-state index contributed by atoms with van der Waals surface area (Å²) in [4.78, 5) is 0. The molecular weight excluding hydrogens is 246 g/mol. The third-order valence-electron chi connectivity index (χ3n) is 3.88. The Morgan fingerprint density at radius 1 is 1.30 bits per heavy atom. The summed E-state index contributed by atoms with van der Waals surface area (Å²) in [5, 5.41) is 8.19. The van der Waals surface area contributed by atoms with Crippen molar-refractivity contribution in [2.24, 2.45) is 0 Å². The van der Waals surface area contributed by atoms with Gasteiger partial charge in [-0.1, -0.05) is 19.1 Å². The van der Waals surface area contributed by atoms with Gasteiger partial charge in [0.2, 0.25) is 0 Å². The van der Waals surface area contributed by atoms with Gasteiger partial charge in [-0.15, -0.1) is 0 Å². The Kier molecular flexibility index (Phi) is 3.88. The molecule has 2 aromatic rings. The smallest absolute Gasteiger partial charge is 0.0678 e. The van der Waals surface area contributed by atoms with E-state index in [0.29, 0.717) is 5.92 Å². The first-order valence-electron chi connectivity index (χ1n) is 7.64. The lowest BCUT2D eigenvalue weighted by molar-refractivity contribution is 0.674. The summed E-state index contributed by atoms with van der Waals surface area (Å²) >= 11 is 0. The summed E-state index contributed by atoms with van der Waals surface area (Å²) in [5.41, 5.74) is 5.05. The monoisotopic (exact) mass is 269 g/mol. The molecule has 20 heavy (non-hydrogen) atoms. The molecule has 1 aliphatic rings. The molecular formula is C17H23N3. The first kappa shape index (κ1) is 13.4. The standard InChI is InChI=1S/C17H23N3/c1-3-9-18-12-14-5-4-13(2)17(11-14)20-10-8-16(19-20)15-6-7-15/h4-5,8,10-11,15,18H,3,6-7,9,12H2,1-2H3. The fraction of sp³-hybridized carbons (Fsp3) is 0.471. The maximum Gasteiger partial charge on any atom is 0.0678 e. The minimum Gasteiger partial charge on any atom is -0.313 e. The van der Waals surface area contributed by atoms with Crippen LogP contribution in [-0.4, -0.2) is 16.3 Å². The average Bonchev–Trinajstić information content (AvgIpc) is 3.19. The maximum atomic E-state index is 4.74. The van der Waals surface area contributed by atoms with E-state index < -0.39 is 0 Å². The minimum absolute atomic E-state index is 0.714. The molecule has 0 unspecified atom stereocenters. The van der Waals surface area contributed by atoms with E-state index in [9.17, 15) is 0 Å². The van der Waals surface area contributed by atoms with Gasteiger partial charge in [-0.25, -0.2) is 4.68 Å². The molecule has 1 aliphatic carbocycles. The molecule has 1 N–H and O–H groups in total. The predicted molar refractivity (Wildman–Crippen MR) is 82.3 cm³/mol. The van der Waals surface area contributed by atoms with Crippen LogP contribution < -0.4 is 5.32 Å². The number of aryl methyl sites for hydroxylation is 1. The summed E-state index contributed by atoms with van der Waals surface area (Å²) in [6.45, 7) is 6.34. The average molecular weight is 269 g/mol. The van der Waals surface area contributed by atoms with Crippen molar-refractivity contribution >= 4 is 0 Å². The van der Waals surface area contributed by atoms with Crippen molar-refractivity contribution in [3.05, 3.63) is 47.3 Å². The second-order valence-electron chi connectivity index (χ2n) is 5.76. The topological polar surface area (TPSA) is 29.9 Å². The molecule has 3 heteroatoms. The Morgan fingerprint density at radius 3 is 2.90 bits per heavy atom. The molecule has 1 aromatic heterocycles. The normalized spacial score (nSPS) is 14.7. The first-order valence-corrected chi connectivity index (χ1v) is 7.64. The van der Waals surface area contributed by atoms with Gasteiger partial charge >= 0.3 is 0 Å². The highest BCUT2D eigenvalue weighted by Gasteiger charge is 2.25. The summed E-state index contributed by atoms with van der Waals surface area (Å²) in [7, 11) is 0. The highest BCUT2D eigenvalue weighted by molar-refractivity contribution is 5.43. The van der Waals surface area contributed by atoms with E-state index in [1.807, 2.05) is 4.68 Å². The number of hydrogen-bond donors (Lipinski definition) is 1. The highest BCUT2D eigenvalue weighted by atomic mass is 15.3. The third kappa shape index (κ3) is 2.93. The van der Waals surface area contributed by atoms with E-state index in [0.717, 1.165) is 13.1 Å². The zero-order valence-corrected chi connectivity index (χ0v) is 12.4. The molecule has 0 spiro atoms. The number of hydrogen-bond acceptors (Lipinski definition) is 2. The van der Waals surface area contributed by atoms with Crippen LogP contribution in [0.2, 0.25) is 0 Å². The number of aromatic nitrogens is 2. The van der Waals surface area contributed by atoms with Crippen molar-refractivity contribution in [2.75, 3.05) is 6.54 Å². The van der Waals surface area contributed by atoms with Crippen LogP contribution in [0, 0.1) is 6.92 Å². The van der Waals surface area contributed by atoms with Crippen molar-refractivity contribution in [3.63, 3.8) is 0 Å². The highest BCUT2D eigenvalue weighted by Crippen LogP contribution is 2.39. The molecule has 0 atom stereocenters. The molecule has 1 saturated carbocycles. The number of benzene rings is 1. The molecule has 106 valence electrons. The molecule has 0 bridgehead atoms. The number of rotatable bonds is 6. The summed E-state index contributed by atoms with van der Waals surface area (Å²) < 4.78 is 2.03. The zero-order chi connectivity index (χ0) is 13.9. The second-order valence-corrected chi connectivity index (χ2v) is 5.76. The van der Waals surface area contributed by atoms with Gasteiger partial charge in [-0.3, -0.25) is 0 Å². The summed E-state index contributed by atoms with van der Waals surface area (Å²) in [6.07, 6.45) is 5.87. The van der Waals surface area contributed by atoms with Gasteiger partial charge in [-0.2, -0.15) is 5.10 Å². The van der Waals surface area contributed by atoms with Crippen LogP contribution in [0.5, 0.6) is 0 Å². The van der Waals surface area contributed by atoms with E-state index in [-0.39, 0.29) is 0 Å². The van der Waals surface area contributed by atoms with Crippen LogP contribution in [0.3, 0.4) is 0 Å². The summed E-state index contributed by atoms with van der Waals surface area (Å²) in [6, 6.07) is 8.81. The fourth-order valence-corrected chi connectivity index (χ4v) is 2.49. The second kappa shape index (κ2) is 5.80. The van der Waals surface area contributed by atoms with Crippen molar-refractivity contribution < 1.29 is 0 Å². The first-order chi connectivity index (χ1) is 9.78. The lowest BCUT2D eigenvalue weighted by Gasteiger charge is -2.10. The van der Waals surface area contributed by atoms with Gasteiger partial charge in [0.1, 0.15) is 0 Å². The Bertz CT molecular complexity index is 582. The van der Waals surface area contributed by atoms with Gasteiger partial charge in [-0.05, 0) is 56.0 Å². The van der Waals surface area contributed by atoms with Crippen LogP contribution in [0.25, 0.3) is 5.69 Å². The third-order valence-corrected chi connectivity index (χ3v) is 3.88. The fourth-order valence-electron chi connectivity index (χ4n) is 2.49. The molecule has 0 radical (unpaired) electrons. The predicted octanol–water partition coefficient (Wildman–Crippen LogP) is 3.56. The molecule has 3 nitrogen and oxygen atoms in total. The maximum absolute atomic E-state index is 4.74. The Morgan fingerprint density at radius 2 is 2.15 bits per heavy atom. The van der Waals surface area contributed by atoms with Crippen LogP contribution in [0.4, 0.5) is 0 Å². The van der Waals surface area contributed by atoms with Crippen LogP contribution in [0.15, 0.2) is 30.5 Å². The number of nitrogens with zero attached hydrogens (tertiary/aromatic N) is 2. The van der Waals surface area contributed by atoms with E-state index in [2.05, 4.69) is 49.6 Å². The van der Waals surface area contributed by atoms with Gasteiger partial charge in [0, 0.05) is 18.7 Å². The quantitative estimate of drug-likeness (QED) is 0.813. The SMILES string of the molecule is CCCNCc1ccc(C)c(-n2ccc(C3CC3)n2)c1. The Labute approximate surface area is 121 Å². The van der Waals surface area contributed by atoms with Gasteiger partial charge in [0.05, 0.1) is 11.4 Å². The van der Waals surface area contributed by atoms with E-state index >= 15 is 0 Å². The van der Waals surface area contributed by atoms with Crippen molar-refractivity contribution in [1.29, 1.82) is 0 Å². The van der Waals surface area contributed by atoms with Gasteiger partial charge in [0.15, 0.2) is 0 Å². The lowest BCUT2D eigenvalue weighted by atomic mass is 10.1. The van der Waals surface area contributed by atoms with E-state index in [4.69, 9.17) is 5.10 Å². The van der Waals surface area contributed by atoms with Crippen molar-refractivity contribution in [3.8, 4) is 5.69 Å². The molecule has 0 amide bonds. The zero-order valence-electron chi connectivity index (χ0n) is 12.4. The molecule has 3 rings (SSSR count). The summed E-state index contributed by atoms with van der Waals surface area (Å²) in [5.74, 6) is 0.714. The van der Waals surface area contributed by atoms with Crippen LogP contribution >= 0.6 is 0 Å². The molecule has 0 saturated heterocycles. The molecule has 1 aromatic carbocycles. The van der Waals surface area contributed by atoms with Gasteiger partial charge < -0.3 is 5.32 Å². The Hall–Kier alpha value is -1.61. The van der Waals surface area contributed by atoms with Crippen molar-refractivity contribution in [1.82, 2.24) is 15.1 Å². The lowest BCUT2D eigenvalue weighted by Crippen LogP contribution is -2.14. The molecule has 1 fully saturated rings. The van der Waals surface area contributed by atoms with Crippen LogP contribution in [0.1, 0.15) is 48.9 Å². The van der Waals surface area contributed by atoms with E-state index in [1.165, 1.54) is 41.8 Å². The Balaban J connectivity index is 1.81. The molecule has 1 heterocycles. The van der Waals surface area contributed by atoms with Crippen LogP contribution in [-0.2, 0) is 6.54 Å². The van der Waals surface area contributed by atoms with Gasteiger partial charge in [0.25, 0.3) is 0 Å².